The zero-order valence-corrected chi connectivity index (χ0v) is 32.6. The Morgan fingerprint density at radius 1 is 1.11 bits per heavy atom. The van der Waals surface area contributed by atoms with E-state index in [1.165, 1.54) is 57.4 Å². The largest absolute Gasteiger partial charge is 1.00 e. The third kappa shape index (κ3) is 9.12. The summed E-state index contributed by atoms with van der Waals surface area (Å²) in [5.41, 5.74) is 5.82. The molecule has 0 unspecified atom stereocenters. The number of hydrogen-bond acceptors (Lipinski definition) is 15. The summed E-state index contributed by atoms with van der Waals surface area (Å²) in [5.74, 6) is -5.94. The number of nitrogens with zero attached hydrogens (tertiary/aromatic N) is 7. The van der Waals surface area contributed by atoms with E-state index in [1.807, 2.05) is 0 Å². The number of carbonyl (C=O) groups is 8. The fourth-order valence-corrected chi connectivity index (χ4v) is 7.68. The second-order valence-corrected chi connectivity index (χ2v) is 13.6. The number of β-lactam (4-membered cyclic amide) rings is 1. The van der Waals surface area contributed by atoms with Crippen LogP contribution in [-0.2, 0) is 40.6 Å². The number of anilines is 1. The number of nitrogens with two attached hydrogens (primary N) is 1. The Balaban J connectivity index is 0.00000406. The molecule has 22 nitrogen and oxygen atoms in total. The molecule has 0 saturated carbocycles. The average molecular weight is 800 g/mol. The number of piperazine rings is 1. The number of carboxylic acids is 2. The second kappa shape index (κ2) is 18.1. The van der Waals surface area contributed by atoms with Crippen LogP contribution in [0.1, 0.15) is 20.0 Å². The number of benzene rings is 1. The summed E-state index contributed by atoms with van der Waals surface area (Å²) >= 11 is 2.41. The van der Waals surface area contributed by atoms with Crippen LogP contribution >= 0.6 is 23.5 Å². The number of rotatable bonds is 13. The molecule has 0 aliphatic carbocycles. The maximum absolute atomic E-state index is 13.9. The van der Waals surface area contributed by atoms with Crippen LogP contribution in [0.2, 0.25) is 0 Å². The molecule has 25 heteroatoms. The molecule has 2 saturated heterocycles. The van der Waals surface area contributed by atoms with E-state index in [2.05, 4.69) is 31.5 Å². The molecule has 1 aromatic heterocycles. The first-order valence-corrected chi connectivity index (χ1v) is 17.7. The van der Waals surface area contributed by atoms with Crippen LogP contribution in [-0.4, -0.2) is 148 Å². The van der Waals surface area contributed by atoms with E-state index in [-0.39, 0.29) is 79.1 Å². The van der Waals surface area contributed by atoms with Crippen LogP contribution in [0.25, 0.3) is 0 Å². The summed E-state index contributed by atoms with van der Waals surface area (Å²) in [6.07, 6.45) is -1.02. The van der Waals surface area contributed by atoms with Crippen molar-refractivity contribution < 1.29 is 84.3 Å². The molecule has 1 aromatic carbocycles. The summed E-state index contributed by atoms with van der Waals surface area (Å²) in [6.45, 7) is 1.23. The maximum atomic E-state index is 13.9. The van der Waals surface area contributed by atoms with E-state index in [4.69, 9.17) is 15.6 Å². The van der Waals surface area contributed by atoms with Gasteiger partial charge in [-0.25, -0.2) is 19.1 Å². The summed E-state index contributed by atoms with van der Waals surface area (Å²) in [4.78, 5) is 104. The third-order valence-corrected chi connectivity index (χ3v) is 10.6. The average Bonchev–Trinajstić information content (AvgIpc) is 3.55. The number of tetrazole rings is 1. The Morgan fingerprint density at radius 3 is 2.43 bits per heavy atom. The van der Waals surface area contributed by atoms with E-state index in [0.717, 1.165) is 4.90 Å². The van der Waals surface area contributed by atoms with Crippen LogP contribution in [0.15, 0.2) is 40.7 Å². The molecule has 3 aliphatic heterocycles. The molecule has 54 heavy (non-hydrogen) atoms. The minimum absolute atomic E-state index is 0. The van der Waals surface area contributed by atoms with Crippen LogP contribution < -0.4 is 51.2 Å². The Morgan fingerprint density at radius 2 is 1.81 bits per heavy atom. The maximum Gasteiger partial charge on any atom is 1.00 e. The van der Waals surface area contributed by atoms with Gasteiger partial charge in [0, 0.05) is 43.9 Å². The molecule has 2 aromatic rings. The number of aliphatic carboxylic acids is 2. The number of thioether (sulfide) groups is 2. The number of carbonyl (C=O) groups excluding carboxylic acids is 6. The smallest absolute Gasteiger partial charge is 1.00 e. The zero-order chi connectivity index (χ0) is 38.6. The van der Waals surface area contributed by atoms with Crippen LogP contribution in [0.5, 0.6) is 0 Å². The topological polar surface area (TPSA) is 302 Å². The van der Waals surface area contributed by atoms with Crippen molar-refractivity contribution in [3.8, 4) is 0 Å². The molecule has 7 amide bonds. The molecular weight excluding hydrogens is 766 g/mol. The van der Waals surface area contributed by atoms with Crippen molar-refractivity contribution in [3.63, 3.8) is 0 Å². The van der Waals surface area contributed by atoms with Crippen molar-refractivity contribution in [2.75, 3.05) is 43.1 Å². The van der Waals surface area contributed by atoms with Gasteiger partial charge >= 0.3 is 65.4 Å². The molecule has 0 spiro atoms. The molecule has 2 fully saturated rings. The molecule has 7 N–H and O–H groups in total. The fraction of sp³-hybridized carbons (Fsp3) is 0.414. The molecule has 3 aliphatic rings. The van der Waals surface area contributed by atoms with E-state index in [9.17, 15) is 43.5 Å². The summed E-state index contributed by atoms with van der Waals surface area (Å²) in [6, 6.07) is 0.105. The minimum atomic E-state index is -1.55. The number of carboxylic acid groups (broad SMARTS) is 2. The van der Waals surface area contributed by atoms with E-state index < -0.39 is 77.8 Å². The number of amides is 7. The first-order chi connectivity index (χ1) is 25.2. The number of hydrogen-bond donors (Lipinski definition) is 6. The number of aryl methyl sites for hydroxylation is 1. The summed E-state index contributed by atoms with van der Waals surface area (Å²) in [7, 11) is 1.62. The summed E-state index contributed by atoms with van der Waals surface area (Å²) < 4.78 is 6.20. The monoisotopic (exact) mass is 799 g/mol. The molecule has 0 bridgehead atoms. The Bertz CT molecular complexity index is 1890. The molecule has 0 radical (unpaired) electrons. The standard InChI is InChI=1S/C29H33N11O11S2.Na.H/c1-3-38-8-9-39(23(44)22(38)43)27(49)33-17(13-4-6-15(7-5-13)31-29(50)51-10-16(30)25(45)46)20(41)32-18-21(42)40-19(26(47)48)14(11-52-24(18)40)12-53-28-34-35-36-37(28)2;;/h4-7,16-18,24H,3,8-12,30H2,1-2H3,(H,31,50)(H,32,41)(H,33,49)(H,45,46)(H,47,48);;/q;+1;-1/t16-,17-,18-,24-;;/m1../s1. The number of urea groups is 1. The SMILES string of the molecule is CCN1CCN(C(=O)N[C@@H](C(=O)N[C@@H]2C(=O)N3C(C(=O)O)=C(CSc4nnnn4C)CS[C@H]23)c2ccc(NC(=O)OC[C@@H](N)C(=O)O)cc2)C(=O)C1=O.[H-].[Na+]. The number of fused-ring (bicyclic) bond motifs is 1. The Kier molecular flexibility index (Phi) is 14.0. The Labute approximate surface area is 337 Å². The molecular formula is C29H34N11NaO11S2. The number of aromatic nitrogens is 4. The predicted octanol–water partition coefficient (Wildman–Crippen LogP) is -4.74. The second-order valence-electron chi connectivity index (χ2n) is 11.5. The Hall–Kier alpha value is -4.75. The van der Waals surface area contributed by atoms with Crippen LogP contribution in [0.4, 0.5) is 15.3 Å². The van der Waals surface area contributed by atoms with Crippen molar-refractivity contribution in [1.29, 1.82) is 0 Å². The van der Waals surface area contributed by atoms with Gasteiger partial charge in [0.05, 0.1) is 0 Å². The molecule has 4 atom stereocenters. The molecule has 4 heterocycles. The fourth-order valence-electron chi connectivity index (χ4n) is 5.35. The van der Waals surface area contributed by atoms with Gasteiger partial charge in [0.25, 0.3) is 5.91 Å². The minimum Gasteiger partial charge on any atom is -1.00 e. The molecule has 284 valence electrons. The quantitative estimate of drug-likeness (QED) is 0.0480. The third-order valence-electron chi connectivity index (χ3n) is 8.17. The van der Waals surface area contributed by atoms with Gasteiger partial charge in [-0.2, -0.15) is 0 Å². The van der Waals surface area contributed by atoms with E-state index in [0.29, 0.717) is 15.6 Å². The van der Waals surface area contributed by atoms with Crippen molar-refractivity contribution in [2.24, 2.45) is 12.8 Å². The van der Waals surface area contributed by atoms with Crippen molar-refractivity contribution in [2.45, 2.75) is 35.6 Å². The van der Waals surface area contributed by atoms with Gasteiger partial charge in [-0.15, -0.1) is 16.9 Å². The first-order valence-electron chi connectivity index (χ1n) is 15.7. The van der Waals surface area contributed by atoms with Crippen LogP contribution in [0, 0.1) is 0 Å². The zero-order valence-electron chi connectivity index (χ0n) is 30.0. The van der Waals surface area contributed by atoms with E-state index in [1.54, 1.807) is 14.0 Å². The van der Waals surface area contributed by atoms with E-state index >= 15 is 0 Å². The van der Waals surface area contributed by atoms with Crippen molar-refractivity contribution in [3.05, 3.63) is 41.1 Å². The van der Waals surface area contributed by atoms with Gasteiger partial charge in [0.15, 0.2) is 0 Å². The summed E-state index contributed by atoms with van der Waals surface area (Å²) in [5, 5.41) is 37.1. The van der Waals surface area contributed by atoms with Gasteiger partial charge in [-0.05, 0) is 40.6 Å². The van der Waals surface area contributed by atoms with Crippen molar-refractivity contribution in [1.82, 2.24) is 45.5 Å². The number of ether oxygens (including phenoxy) is 1. The molecule has 5 rings (SSSR count). The number of imide groups is 1. The predicted molar refractivity (Wildman–Crippen MR) is 183 cm³/mol. The number of likely N-dealkylation sites (N-methyl/N-ethyl adjacent to an activating group) is 1. The number of nitrogens with one attached hydrogen (secondary N) is 3. The van der Waals surface area contributed by atoms with Gasteiger partial charge in [-0.3, -0.25) is 39.1 Å². The van der Waals surface area contributed by atoms with Crippen molar-refractivity contribution >= 4 is 76.9 Å². The van der Waals surface area contributed by atoms with Gasteiger partial charge in [-0.1, -0.05) is 23.9 Å². The van der Waals surface area contributed by atoms with Crippen LogP contribution in [0.3, 0.4) is 0 Å². The van der Waals surface area contributed by atoms with Gasteiger partial charge in [0.1, 0.15) is 35.8 Å². The first kappa shape index (κ1) is 42.0. The van der Waals surface area contributed by atoms with Gasteiger partial charge < -0.3 is 37.6 Å². The normalized spacial score (nSPS) is 19.2. The van der Waals surface area contributed by atoms with Gasteiger partial charge in [0.2, 0.25) is 11.1 Å².